The molecule has 0 heterocycles. The summed E-state index contributed by atoms with van der Waals surface area (Å²) in [4.78, 5) is 4.37. The minimum Gasteiger partial charge on any atom is -0.506 e. The van der Waals surface area contributed by atoms with Gasteiger partial charge in [0.05, 0.1) is 11.1 Å². The number of phenols is 1. The van der Waals surface area contributed by atoms with Gasteiger partial charge in [-0.15, -0.1) is 0 Å². The van der Waals surface area contributed by atoms with Crippen LogP contribution in [0.2, 0.25) is 0 Å². The fraction of sp³-hybridized carbons (Fsp3) is 0.188. The van der Waals surface area contributed by atoms with E-state index in [4.69, 9.17) is 4.74 Å². The summed E-state index contributed by atoms with van der Waals surface area (Å²) >= 11 is 6.94. The third-order valence-electron chi connectivity index (χ3n) is 2.80. The van der Waals surface area contributed by atoms with E-state index in [9.17, 15) is 5.11 Å². The summed E-state index contributed by atoms with van der Waals surface area (Å²) in [6, 6.07) is 9.16. The van der Waals surface area contributed by atoms with Crippen LogP contribution in [0.15, 0.2) is 44.3 Å². The van der Waals surface area contributed by atoms with Crippen molar-refractivity contribution in [2.45, 2.75) is 13.8 Å². The number of hydrogen-bond acceptors (Lipinski definition) is 3. The maximum Gasteiger partial charge on any atom is 0.142 e. The quantitative estimate of drug-likeness (QED) is 0.685. The van der Waals surface area contributed by atoms with Crippen molar-refractivity contribution in [2.24, 2.45) is 4.99 Å². The molecule has 0 saturated carbocycles. The first-order valence-electron chi connectivity index (χ1n) is 6.46. The van der Waals surface area contributed by atoms with E-state index in [2.05, 4.69) is 36.9 Å². The number of aliphatic imine (C=N–C) groups is 1. The first-order valence-corrected chi connectivity index (χ1v) is 8.05. The van der Waals surface area contributed by atoms with E-state index in [0.717, 1.165) is 25.8 Å². The second kappa shape index (κ2) is 7.09. The summed E-state index contributed by atoms with van der Waals surface area (Å²) in [5.74, 6) is 0.889. The van der Waals surface area contributed by atoms with Crippen LogP contribution in [0.1, 0.15) is 18.1 Å². The fourth-order valence-corrected chi connectivity index (χ4v) is 3.22. The SMILES string of the molecule is CCOc1c(Br)cc(Br)cc1C=Nc1cc(C)ccc1O. The largest absolute Gasteiger partial charge is 0.506 e. The Labute approximate surface area is 140 Å². The lowest BCUT2D eigenvalue weighted by Gasteiger charge is -2.10. The molecule has 0 spiro atoms. The molecule has 0 aromatic heterocycles. The van der Waals surface area contributed by atoms with Gasteiger partial charge in [0.2, 0.25) is 0 Å². The first-order chi connectivity index (χ1) is 10.0. The molecule has 2 rings (SSSR count). The number of rotatable bonds is 4. The third kappa shape index (κ3) is 4.08. The number of phenolic OH excluding ortho intramolecular Hbond substituents is 1. The zero-order valence-electron chi connectivity index (χ0n) is 11.7. The molecule has 3 nitrogen and oxygen atoms in total. The zero-order chi connectivity index (χ0) is 15.4. The lowest BCUT2D eigenvalue weighted by atomic mass is 10.2. The van der Waals surface area contributed by atoms with Gasteiger partial charge in [-0.2, -0.15) is 0 Å². The van der Waals surface area contributed by atoms with Gasteiger partial charge in [-0.25, -0.2) is 0 Å². The van der Waals surface area contributed by atoms with Gasteiger partial charge in [0.25, 0.3) is 0 Å². The molecule has 0 unspecified atom stereocenters. The Morgan fingerprint density at radius 2 is 2.00 bits per heavy atom. The average Bonchev–Trinajstić information content (AvgIpc) is 2.43. The maximum absolute atomic E-state index is 9.83. The Kier molecular flexibility index (Phi) is 5.42. The van der Waals surface area contributed by atoms with Crippen LogP contribution < -0.4 is 4.74 Å². The highest BCUT2D eigenvalue weighted by Gasteiger charge is 2.08. The van der Waals surface area contributed by atoms with Gasteiger partial charge in [-0.3, -0.25) is 4.99 Å². The highest BCUT2D eigenvalue weighted by molar-refractivity contribution is 9.11. The molecular weight excluding hydrogens is 398 g/mol. The molecule has 0 radical (unpaired) electrons. The van der Waals surface area contributed by atoms with Crippen LogP contribution in [-0.2, 0) is 0 Å². The summed E-state index contributed by atoms with van der Waals surface area (Å²) < 4.78 is 7.42. The van der Waals surface area contributed by atoms with Crippen LogP contribution in [-0.4, -0.2) is 17.9 Å². The van der Waals surface area contributed by atoms with Gasteiger partial charge in [0.1, 0.15) is 17.2 Å². The Bertz CT molecular complexity index is 684. The van der Waals surface area contributed by atoms with Crippen LogP contribution in [0, 0.1) is 6.92 Å². The Balaban J connectivity index is 2.42. The van der Waals surface area contributed by atoms with Gasteiger partial charge >= 0.3 is 0 Å². The van der Waals surface area contributed by atoms with Crippen molar-refractivity contribution in [1.82, 2.24) is 0 Å². The Morgan fingerprint density at radius 3 is 2.71 bits per heavy atom. The van der Waals surface area contributed by atoms with E-state index in [1.54, 1.807) is 12.3 Å². The fourth-order valence-electron chi connectivity index (χ4n) is 1.85. The van der Waals surface area contributed by atoms with Gasteiger partial charge < -0.3 is 9.84 Å². The van der Waals surface area contributed by atoms with E-state index in [1.807, 2.05) is 38.1 Å². The van der Waals surface area contributed by atoms with Crippen molar-refractivity contribution < 1.29 is 9.84 Å². The molecule has 0 atom stereocenters. The van der Waals surface area contributed by atoms with Crippen LogP contribution >= 0.6 is 31.9 Å². The van der Waals surface area contributed by atoms with E-state index >= 15 is 0 Å². The molecule has 0 bridgehead atoms. The average molecular weight is 413 g/mol. The minimum absolute atomic E-state index is 0.156. The second-order valence-corrected chi connectivity index (χ2v) is 6.26. The number of nitrogens with zero attached hydrogens (tertiary/aromatic N) is 1. The molecule has 0 aliphatic rings. The predicted molar refractivity (Wildman–Crippen MR) is 93.1 cm³/mol. The van der Waals surface area contributed by atoms with Crippen LogP contribution in [0.5, 0.6) is 11.5 Å². The number of aromatic hydroxyl groups is 1. The summed E-state index contributed by atoms with van der Waals surface area (Å²) in [7, 11) is 0. The molecule has 2 aromatic carbocycles. The van der Waals surface area contributed by atoms with Crippen LogP contribution in [0.4, 0.5) is 5.69 Å². The monoisotopic (exact) mass is 411 g/mol. The number of benzene rings is 2. The van der Waals surface area contributed by atoms with Crippen LogP contribution in [0.3, 0.4) is 0 Å². The lowest BCUT2D eigenvalue weighted by molar-refractivity contribution is 0.337. The summed E-state index contributed by atoms with van der Waals surface area (Å²) in [5.41, 5.74) is 2.41. The topological polar surface area (TPSA) is 41.8 Å². The molecule has 2 aromatic rings. The minimum atomic E-state index is 0.156. The highest BCUT2D eigenvalue weighted by Crippen LogP contribution is 2.33. The van der Waals surface area contributed by atoms with E-state index in [0.29, 0.717) is 12.3 Å². The molecule has 110 valence electrons. The van der Waals surface area contributed by atoms with Crippen molar-refractivity contribution in [3.05, 3.63) is 50.4 Å². The molecule has 0 aliphatic carbocycles. The number of ether oxygens (including phenoxy) is 1. The number of aryl methyl sites for hydroxylation is 1. The molecule has 0 amide bonds. The Hall–Kier alpha value is -1.33. The molecule has 0 fully saturated rings. The molecule has 0 aliphatic heterocycles. The highest BCUT2D eigenvalue weighted by atomic mass is 79.9. The predicted octanol–water partition coefficient (Wildman–Crippen LogP) is 5.37. The second-order valence-electron chi connectivity index (χ2n) is 4.49. The number of hydrogen-bond donors (Lipinski definition) is 1. The normalized spacial score (nSPS) is 11.0. The smallest absolute Gasteiger partial charge is 0.142 e. The molecule has 21 heavy (non-hydrogen) atoms. The first kappa shape index (κ1) is 16.0. The lowest BCUT2D eigenvalue weighted by Crippen LogP contribution is -1.97. The van der Waals surface area contributed by atoms with E-state index in [1.165, 1.54) is 0 Å². The van der Waals surface area contributed by atoms with Gasteiger partial charge in [0, 0.05) is 16.3 Å². The van der Waals surface area contributed by atoms with Crippen LogP contribution in [0.25, 0.3) is 0 Å². The van der Waals surface area contributed by atoms with Gasteiger partial charge in [-0.1, -0.05) is 22.0 Å². The molecular formula is C16H15Br2NO2. The van der Waals surface area contributed by atoms with Crippen molar-refractivity contribution in [3.63, 3.8) is 0 Å². The molecule has 5 heteroatoms. The van der Waals surface area contributed by atoms with E-state index in [-0.39, 0.29) is 5.75 Å². The Morgan fingerprint density at radius 1 is 1.24 bits per heavy atom. The standard InChI is InChI=1S/C16H15Br2NO2/c1-3-21-16-11(7-12(17)8-13(16)18)9-19-14-6-10(2)4-5-15(14)20/h4-9,20H,3H2,1-2H3. The van der Waals surface area contributed by atoms with Crippen molar-refractivity contribution >= 4 is 43.8 Å². The van der Waals surface area contributed by atoms with Gasteiger partial charge in [-0.05, 0) is 59.6 Å². The summed E-state index contributed by atoms with van der Waals surface area (Å²) in [6.07, 6.45) is 1.69. The zero-order valence-corrected chi connectivity index (χ0v) is 14.9. The number of halogens is 2. The maximum atomic E-state index is 9.83. The van der Waals surface area contributed by atoms with E-state index < -0.39 is 0 Å². The van der Waals surface area contributed by atoms with Crippen molar-refractivity contribution in [3.8, 4) is 11.5 Å². The third-order valence-corrected chi connectivity index (χ3v) is 3.85. The summed E-state index contributed by atoms with van der Waals surface area (Å²) in [5, 5.41) is 9.83. The van der Waals surface area contributed by atoms with Crippen molar-refractivity contribution in [1.29, 1.82) is 0 Å². The summed E-state index contributed by atoms with van der Waals surface area (Å²) in [6.45, 7) is 4.46. The molecule has 0 saturated heterocycles. The molecule has 1 N–H and O–H groups in total. The van der Waals surface area contributed by atoms with Gasteiger partial charge in [0.15, 0.2) is 0 Å². The van der Waals surface area contributed by atoms with Crippen molar-refractivity contribution in [2.75, 3.05) is 6.61 Å².